The molecule has 0 bridgehead atoms. The standard InChI is InChI=1S/C14H22N2O3S/c17-14(15-6-5-13-4-2-10-20-13)16-7-9-18-11-12-3-1-8-19-12/h2,4,10,12H,1,3,5-9,11H2,(H2,15,16,17). The lowest BCUT2D eigenvalue weighted by molar-refractivity contribution is 0.0188. The molecule has 0 spiro atoms. The van der Waals surface area contributed by atoms with E-state index in [0.717, 1.165) is 25.9 Å². The van der Waals surface area contributed by atoms with Gasteiger partial charge < -0.3 is 20.1 Å². The van der Waals surface area contributed by atoms with Crippen LogP contribution >= 0.6 is 11.3 Å². The highest BCUT2D eigenvalue weighted by atomic mass is 32.1. The predicted molar refractivity (Wildman–Crippen MR) is 79.2 cm³/mol. The zero-order valence-corrected chi connectivity index (χ0v) is 12.4. The van der Waals surface area contributed by atoms with Gasteiger partial charge in [0, 0.05) is 24.6 Å². The van der Waals surface area contributed by atoms with Gasteiger partial charge in [-0.3, -0.25) is 0 Å². The Bertz CT molecular complexity index is 378. The Balaban J connectivity index is 1.41. The number of hydrogen-bond donors (Lipinski definition) is 2. The Kier molecular flexibility index (Phi) is 6.83. The quantitative estimate of drug-likeness (QED) is 0.719. The first-order valence-electron chi connectivity index (χ1n) is 7.08. The van der Waals surface area contributed by atoms with E-state index in [0.29, 0.717) is 26.3 Å². The van der Waals surface area contributed by atoms with Crippen molar-refractivity contribution in [2.75, 3.05) is 32.9 Å². The second-order valence-electron chi connectivity index (χ2n) is 4.72. The molecule has 1 aliphatic rings. The van der Waals surface area contributed by atoms with Gasteiger partial charge in [-0.05, 0) is 30.7 Å². The number of rotatable bonds is 8. The summed E-state index contributed by atoms with van der Waals surface area (Å²) in [5.41, 5.74) is 0. The molecular weight excluding hydrogens is 276 g/mol. The second-order valence-corrected chi connectivity index (χ2v) is 5.75. The lowest BCUT2D eigenvalue weighted by Crippen LogP contribution is -2.38. The SMILES string of the molecule is O=C(NCCOCC1CCCO1)NCCc1cccs1. The summed E-state index contributed by atoms with van der Waals surface area (Å²) in [4.78, 5) is 12.8. The number of hydrogen-bond acceptors (Lipinski definition) is 4. The molecule has 1 aromatic rings. The maximum absolute atomic E-state index is 11.5. The van der Waals surface area contributed by atoms with Gasteiger partial charge in [-0.2, -0.15) is 0 Å². The Morgan fingerprint density at radius 3 is 3.10 bits per heavy atom. The van der Waals surface area contributed by atoms with E-state index in [9.17, 15) is 4.79 Å². The van der Waals surface area contributed by atoms with Gasteiger partial charge >= 0.3 is 6.03 Å². The fraction of sp³-hybridized carbons (Fsp3) is 0.643. The van der Waals surface area contributed by atoms with Crippen LogP contribution in [0.15, 0.2) is 17.5 Å². The van der Waals surface area contributed by atoms with E-state index in [1.54, 1.807) is 11.3 Å². The zero-order chi connectivity index (χ0) is 14.0. The molecule has 1 atom stereocenters. The summed E-state index contributed by atoms with van der Waals surface area (Å²) in [7, 11) is 0. The highest BCUT2D eigenvalue weighted by molar-refractivity contribution is 7.09. The number of urea groups is 1. The Morgan fingerprint density at radius 2 is 2.35 bits per heavy atom. The molecule has 2 heterocycles. The minimum atomic E-state index is -0.137. The number of ether oxygens (including phenoxy) is 2. The van der Waals surface area contributed by atoms with Crippen molar-refractivity contribution < 1.29 is 14.3 Å². The van der Waals surface area contributed by atoms with Crippen LogP contribution in [-0.4, -0.2) is 45.0 Å². The molecule has 112 valence electrons. The van der Waals surface area contributed by atoms with Crippen LogP contribution in [0.25, 0.3) is 0 Å². The maximum atomic E-state index is 11.5. The molecule has 1 aliphatic heterocycles. The van der Waals surface area contributed by atoms with Crippen LogP contribution in [0.5, 0.6) is 0 Å². The molecular formula is C14H22N2O3S. The van der Waals surface area contributed by atoms with Gasteiger partial charge in [0.1, 0.15) is 0 Å². The fourth-order valence-electron chi connectivity index (χ4n) is 2.04. The van der Waals surface area contributed by atoms with E-state index >= 15 is 0 Å². The average Bonchev–Trinajstić information content (AvgIpc) is 3.11. The van der Waals surface area contributed by atoms with Gasteiger partial charge in [-0.15, -0.1) is 11.3 Å². The van der Waals surface area contributed by atoms with Crippen LogP contribution in [0.4, 0.5) is 4.79 Å². The summed E-state index contributed by atoms with van der Waals surface area (Å²) in [6, 6.07) is 3.96. The first-order valence-corrected chi connectivity index (χ1v) is 7.96. The monoisotopic (exact) mass is 298 g/mol. The summed E-state index contributed by atoms with van der Waals surface area (Å²) in [6.07, 6.45) is 3.32. The molecule has 0 radical (unpaired) electrons. The summed E-state index contributed by atoms with van der Waals surface area (Å²) in [5, 5.41) is 7.65. The second kappa shape index (κ2) is 8.94. The minimum absolute atomic E-state index is 0.137. The van der Waals surface area contributed by atoms with Crippen molar-refractivity contribution in [2.45, 2.75) is 25.4 Å². The Morgan fingerprint density at radius 1 is 1.45 bits per heavy atom. The van der Waals surface area contributed by atoms with Gasteiger partial charge in [-0.25, -0.2) is 4.79 Å². The smallest absolute Gasteiger partial charge is 0.314 e. The summed E-state index contributed by atoms with van der Waals surface area (Å²) >= 11 is 1.71. The van der Waals surface area contributed by atoms with E-state index in [1.807, 2.05) is 11.4 Å². The number of amides is 2. The van der Waals surface area contributed by atoms with Crippen molar-refractivity contribution in [1.82, 2.24) is 10.6 Å². The maximum Gasteiger partial charge on any atom is 0.314 e. The van der Waals surface area contributed by atoms with Crippen LogP contribution in [0, 0.1) is 0 Å². The van der Waals surface area contributed by atoms with Crippen LogP contribution in [0.2, 0.25) is 0 Å². The van der Waals surface area contributed by atoms with Gasteiger partial charge in [0.15, 0.2) is 0 Å². The Labute approximate surface area is 123 Å². The largest absolute Gasteiger partial charge is 0.377 e. The van der Waals surface area contributed by atoms with Crippen LogP contribution in [0.3, 0.4) is 0 Å². The molecule has 0 aromatic carbocycles. The zero-order valence-electron chi connectivity index (χ0n) is 11.6. The molecule has 2 rings (SSSR count). The normalized spacial score (nSPS) is 18.1. The van der Waals surface area contributed by atoms with Crippen molar-refractivity contribution in [3.8, 4) is 0 Å². The van der Waals surface area contributed by atoms with E-state index in [-0.39, 0.29) is 12.1 Å². The van der Waals surface area contributed by atoms with Crippen molar-refractivity contribution in [1.29, 1.82) is 0 Å². The van der Waals surface area contributed by atoms with Gasteiger partial charge in [0.25, 0.3) is 0 Å². The minimum Gasteiger partial charge on any atom is -0.377 e. The molecule has 1 unspecified atom stereocenters. The molecule has 1 fully saturated rings. The molecule has 6 heteroatoms. The van der Waals surface area contributed by atoms with Crippen LogP contribution < -0.4 is 10.6 Å². The van der Waals surface area contributed by atoms with Crippen molar-refractivity contribution in [2.24, 2.45) is 0 Å². The molecule has 0 saturated carbocycles. The van der Waals surface area contributed by atoms with Crippen molar-refractivity contribution in [3.05, 3.63) is 22.4 Å². The lowest BCUT2D eigenvalue weighted by Gasteiger charge is -2.11. The van der Waals surface area contributed by atoms with Gasteiger partial charge in [0.05, 0.1) is 19.3 Å². The first-order chi connectivity index (χ1) is 9.84. The number of carbonyl (C=O) groups is 1. The summed E-state index contributed by atoms with van der Waals surface area (Å²) in [6.45, 7) is 3.18. The summed E-state index contributed by atoms with van der Waals surface area (Å²) in [5.74, 6) is 0. The van der Waals surface area contributed by atoms with Crippen molar-refractivity contribution in [3.63, 3.8) is 0 Å². The molecule has 20 heavy (non-hydrogen) atoms. The third kappa shape index (κ3) is 5.90. The average molecular weight is 298 g/mol. The van der Waals surface area contributed by atoms with Crippen LogP contribution in [-0.2, 0) is 15.9 Å². The molecule has 0 aliphatic carbocycles. The summed E-state index contributed by atoms with van der Waals surface area (Å²) < 4.78 is 10.9. The number of nitrogens with one attached hydrogen (secondary N) is 2. The third-order valence-corrected chi connectivity index (χ3v) is 4.03. The topological polar surface area (TPSA) is 59.6 Å². The van der Waals surface area contributed by atoms with E-state index in [2.05, 4.69) is 16.7 Å². The molecule has 2 N–H and O–H groups in total. The van der Waals surface area contributed by atoms with Gasteiger partial charge in [0.2, 0.25) is 0 Å². The molecule has 2 amide bonds. The number of carbonyl (C=O) groups excluding carboxylic acids is 1. The van der Waals surface area contributed by atoms with E-state index < -0.39 is 0 Å². The van der Waals surface area contributed by atoms with E-state index in [1.165, 1.54) is 4.88 Å². The third-order valence-electron chi connectivity index (χ3n) is 3.10. The molecule has 1 aromatic heterocycles. The predicted octanol–water partition coefficient (Wildman–Crippen LogP) is 1.79. The van der Waals surface area contributed by atoms with Crippen molar-refractivity contribution >= 4 is 17.4 Å². The highest BCUT2D eigenvalue weighted by Crippen LogP contribution is 2.11. The lowest BCUT2D eigenvalue weighted by atomic mass is 10.2. The Hall–Kier alpha value is -1.11. The highest BCUT2D eigenvalue weighted by Gasteiger charge is 2.14. The van der Waals surface area contributed by atoms with Gasteiger partial charge in [-0.1, -0.05) is 6.07 Å². The molecule has 1 saturated heterocycles. The van der Waals surface area contributed by atoms with E-state index in [4.69, 9.17) is 9.47 Å². The number of thiophene rings is 1. The fourth-order valence-corrected chi connectivity index (χ4v) is 2.75. The first kappa shape index (κ1) is 15.3. The molecule has 5 nitrogen and oxygen atoms in total. The van der Waals surface area contributed by atoms with Crippen LogP contribution in [0.1, 0.15) is 17.7 Å².